The summed E-state index contributed by atoms with van der Waals surface area (Å²) in [4.78, 5) is 29.7. The molecule has 1 atom stereocenters. The minimum absolute atomic E-state index is 0.0165. The zero-order valence-electron chi connectivity index (χ0n) is 18.0. The Labute approximate surface area is 199 Å². The zero-order valence-corrected chi connectivity index (χ0v) is 18.8. The Bertz CT molecular complexity index is 1400. The van der Waals surface area contributed by atoms with E-state index in [1.807, 2.05) is 18.2 Å². The van der Waals surface area contributed by atoms with Crippen LogP contribution in [0, 0.1) is 17.0 Å². The minimum Gasteiger partial charge on any atom is -0.342 e. The molecule has 2 aliphatic heterocycles. The van der Waals surface area contributed by atoms with Crippen molar-refractivity contribution >= 4 is 40.2 Å². The minimum atomic E-state index is -0.621. The number of halogens is 3. The van der Waals surface area contributed by atoms with Gasteiger partial charge >= 0.3 is 0 Å². The third-order valence-electron chi connectivity index (χ3n) is 6.96. The van der Waals surface area contributed by atoms with Crippen molar-refractivity contribution in [2.45, 2.75) is 18.9 Å². The standard InChI is InChI=1S/C25H20ClF2N5O/c26-17-14-16(5-6-18(17)28)33-22(20-3-1-2-10-29-20)25(23(33)34)8-11-32(12-9-25)24-30-19-7-4-15(27)13-21(19)31-24/h1-7,10,13-14,22H,8-9,11-12H2,(H,30,31). The quantitative estimate of drug-likeness (QED) is 0.407. The summed E-state index contributed by atoms with van der Waals surface area (Å²) in [6.45, 7) is 1.21. The van der Waals surface area contributed by atoms with Gasteiger partial charge in [0.25, 0.3) is 0 Å². The zero-order chi connectivity index (χ0) is 23.4. The van der Waals surface area contributed by atoms with Crippen molar-refractivity contribution in [2.75, 3.05) is 22.9 Å². The molecule has 34 heavy (non-hydrogen) atoms. The number of carbonyl (C=O) groups excluding carboxylic acids is 1. The highest BCUT2D eigenvalue weighted by atomic mass is 35.5. The van der Waals surface area contributed by atoms with Crippen molar-refractivity contribution in [3.63, 3.8) is 0 Å². The molecule has 2 aromatic carbocycles. The van der Waals surface area contributed by atoms with Gasteiger partial charge in [-0.2, -0.15) is 0 Å². The van der Waals surface area contributed by atoms with Gasteiger partial charge in [-0.3, -0.25) is 9.78 Å². The van der Waals surface area contributed by atoms with Crippen LogP contribution in [0.1, 0.15) is 24.6 Å². The van der Waals surface area contributed by atoms with Gasteiger partial charge in [-0.25, -0.2) is 13.8 Å². The van der Waals surface area contributed by atoms with E-state index in [0.717, 1.165) is 5.69 Å². The van der Waals surface area contributed by atoms with E-state index in [2.05, 4.69) is 19.9 Å². The molecular weight excluding hydrogens is 460 g/mol. The number of piperidine rings is 1. The number of β-lactam (4-membered cyclic amide) rings is 1. The summed E-state index contributed by atoms with van der Waals surface area (Å²) in [6.07, 6.45) is 2.91. The van der Waals surface area contributed by atoms with Crippen molar-refractivity contribution in [3.8, 4) is 0 Å². The van der Waals surface area contributed by atoms with Gasteiger partial charge < -0.3 is 14.8 Å². The van der Waals surface area contributed by atoms with E-state index in [4.69, 9.17) is 11.6 Å². The van der Waals surface area contributed by atoms with Crippen molar-refractivity contribution in [1.82, 2.24) is 15.0 Å². The van der Waals surface area contributed by atoms with Gasteiger partial charge in [-0.1, -0.05) is 17.7 Å². The Morgan fingerprint density at radius 1 is 1.06 bits per heavy atom. The number of hydrogen-bond donors (Lipinski definition) is 1. The summed E-state index contributed by atoms with van der Waals surface area (Å²) >= 11 is 6.02. The summed E-state index contributed by atoms with van der Waals surface area (Å²) in [6, 6.07) is 14.2. The molecule has 1 amide bonds. The van der Waals surface area contributed by atoms with Gasteiger partial charge in [0.15, 0.2) is 0 Å². The number of imidazole rings is 1. The molecule has 2 aromatic heterocycles. The number of aromatic nitrogens is 3. The molecule has 0 radical (unpaired) electrons. The number of amides is 1. The summed E-state index contributed by atoms with van der Waals surface area (Å²) in [7, 11) is 0. The molecule has 9 heteroatoms. The Morgan fingerprint density at radius 2 is 1.88 bits per heavy atom. The first-order valence-electron chi connectivity index (χ1n) is 11.1. The number of nitrogens with one attached hydrogen (secondary N) is 1. The second kappa shape index (κ2) is 7.77. The fourth-order valence-electron chi connectivity index (χ4n) is 5.23. The highest BCUT2D eigenvalue weighted by Crippen LogP contribution is 2.57. The number of hydrogen-bond acceptors (Lipinski definition) is 4. The molecule has 1 spiro atoms. The molecule has 6 rings (SSSR count). The molecule has 1 unspecified atom stereocenters. The molecule has 0 bridgehead atoms. The van der Waals surface area contributed by atoms with Crippen LogP contribution in [-0.4, -0.2) is 33.9 Å². The normalized spacial score (nSPS) is 19.6. The van der Waals surface area contributed by atoms with Crippen molar-refractivity contribution in [3.05, 3.63) is 83.1 Å². The summed E-state index contributed by atoms with van der Waals surface area (Å²) < 4.78 is 27.3. The highest BCUT2D eigenvalue weighted by Gasteiger charge is 2.62. The lowest BCUT2D eigenvalue weighted by atomic mass is 9.63. The Hall–Kier alpha value is -3.52. The monoisotopic (exact) mass is 479 g/mol. The molecule has 4 aromatic rings. The molecular formula is C25H20ClF2N5O. The van der Waals surface area contributed by atoms with Crippen LogP contribution >= 0.6 is 11.6 Å². The van der Waals surface area contributed by atoms with Crippen LogP contribution in [0.3, 0.4) is 0 Å². The third-order valence-corrected chi connectivity index (χ3v) is 7.25. The maximum atomic E-state index is 13.8. The molecule has 2 aliphatic rings. The maximum absolute atomic E-state index is 13.8. The molecule has 172 valence electrons. The van der Waals surface area contributed by atoms with Crippen molar-refractivity contribution < 1.29 is 13.6 Å². The molecule has 1 N–H and O–H groups in total. The number of rotatable bonds is 3. The lowest BCUT2D eigenvalue weighted by molar-refractivity contribution is -0.142. The van der Waals surface area contributed by atoms with Crippen LogP contribution in [0.2, 0.25) is 5.02 Å². The average Bonchev–Trinajstić information content (AvgIpc) is 3.28. The van der Waals surface area contributed by atoms with Crippen molar-refractivity contribution in [2.24, 2.45) is 5.41 Å². The third kappa shape index (κ3) is 3.16. The lowest BCUT2D eigenvalue weighted by Gasteiger charge is -2.58. The molecule has 0 aliphatic carbocycles. The van der Waals surface area contributed by atoms with E-state index >= 15 is 0 Å². The van der Waals surface area contributed by atoms with Crippen molar-refractivity contribution in [1.29, 1.82) is 0 Å². The van der Waals surface area contributed by atoms with Crippen LogP contribution in [0.15, 0.2) is 60.8 Å². The average molecular weight is 480 g/mol. The van der Waals surface area contributed by atoms with Crippen LogP contribution in [0.5, 0.6) is 0 Å². The second-order valence-electron chi connectivity index (χ2n) is 8.80. The van der Waals surface area contributed by atoms with E-state index < -0.39 is 11.2 Å². The van der Waals surface area contributed by atoms with E-state index in [9.17, 15) is 13.6 Å². The Balaban J connectivity index is 1.31. The number of H-pyrrole nitrogens is 1. The van der Waals surface area contributed by atoms with Crippen LogP contribution < -0.4 is 9.80 Å². The van der Waals surface area contributed by atoms with E-state index in [-0.39, 0.29) is 22.8 Å². The predicted molar refractivity (Wildman–Crippen MR) is 126 cm³/mol. The van der Waals surface area contributed by atoms with E-state index in [0.29, 0.717) is 48.6 Å². The first-order chi connectivity index (χ1) is 16.5. The van der Waals surface area contributed by atoms with Gasteiger partial charge in [0.2, 0.25) is 11.9 Å². The smallest absolute Gasteiger partial charge is 0.236 e. The van der Waals surface area contributed by atoms with Gasteiger partial charge in [0.1, 0.15) is 11.6 Å². The molecule has 6 nitrogen and oxygen atoms in total. The first kappa shape index (κ1) is 21.0. The summed E-state index contributed by atoms with van der Waals surface area (Å²) in [5, 5.41) is -0.0258. The molecule has 2 fully saturated rings. The summed E-state index contributed by atoms with van der Waals surface area (Å²) in [5.74, 6) is -0.197. The maximum Gasteiger partial charge on any atom is 0.236 e. The van der Waals surface area contributed by atoms with Crippen LogP contribution in [0.4, 0.5) is 20.4 Å². The number of carbonyl (C=O) groups is 1. The Morgan fingerprint density at radius 3 is 2.62 bits per heavy atom. The van der Waals surface area contributed by atoms with Gasteiger partial charge in [-0.15, -0.1) is 0 Å². The summed E-state index contributed by atoms with van der Waals surface area (Å²) in [5.41, 5.74) is 2.06. The molecule has 0 saturated carbocycles. The molecule has 2 saturated heterocycles. The van der Waals surface area contributed by atoms with E-state index in [1.165, 1.54) is 24.3 Å². The number of fused-ring (bicyclic) bond motifs is 1. The van der Waals surface area contributed by atoms with Gasteiger partial charge in [0.05, 0.1) is 33.2 Å². The van der Waals surface area contributed by atoms with Gasteiger partial charge in [-0.05, 0) is 61.4 Å². The number of nitrogens with zero attached hydrogens (tertiary/aromatic N) is 4. The predicted octanol–water partition coefficient (Wildman–Crippen LogP) is 5.26. The first-order valence-corrected chi connectivity index (χ1v) is 11.4. The fraction of sp³-hybridized carbons (Fsp3) is 0.240. The van der Waals surface area contributed by atoms with Crippen LogP contribution in [-0.2, 0) is 4.79 Å². The second-order valence-corrected chi connectivity index (χ2v) is 9.20. The number of benzene rings is 2. The number of anilines is 2. The SMILES string of the molecule is O=C1N(c2ccc(F)c(Cl)c2)C(c2ccccn2)C12CCN(c1nc3ccc(F)cc3[nH]1)CC2. The Kier molecular flexibility index (Phi) is 4.81. The number of aromatic amines is 1. The number of pyridine rings is 1. The van der Waals surface area contributed by atoms with E-state index in [1.54, 1.807) is 23.2 Å². The lowest BCUT2D eigenvalue weighted by Crippen LogP contribution is -2.67. The van der Waals surface area contributed by atoms with Gasteiger partial charge in [0, 0.05) is 25.0 Å². The van der Waals surface area contributed by atoms with Crippen LogP contribution in [0.25, 0.3) is 11.0 Å². The molecule has 4 heterocycles. The largest absolute Gasteiger partial charge is 0.342 e. The highest BCUT2D eigenvalue weighted by molar-refractivity contribution is 6.31. The fourth-order valence-corrected chi connectivity index (χ4v) is 5.41. The topological polar surface area (TPSA) is 65.1 Å².